The van der Waals surface area contributed by atoms with E-state index in [1.165, 1.54) is 7.11 Å². The molecule has 0 aliphatic carbocycles. The first kappa shape index (κ1) is 37.3. The number of anilines is 1. The molecule has 5 rings (SSSR count). The van der Waals surface area contributed by atoms with E-state index in [1.54, 1.807) is 39.6 Å². The van der Waals surface area contributed by atoms with Crippen molar-refractivity contribution >= 4 is 35.1 Å². The average Bonchev–Trinajstić information content (AvgIpc) is 3.55. The van der Waals surface area contributed by atoms with Crippen molar-refractivity contribution in [2.75, 3.05) is 25.6 Å². The fourth-order valence-corrected chi connectivity index (χ4v) is 5.67. The number of methoxy groups -OCH3 is 1. The van der Waals surface area contributed by atoms with Crippen LogP contribution in [0.3, 0.4) is 0 Å². The third-order valence-electron chi connectivity index (χ3n) is 8.05. The molecule has 5 aromatic rings. The van der Waals surface area contributed by atoms with E-state index in [0.29, 0.717) is 33.7 Å². The molecule has 0 unspecified atom stereocenters. The van der Waals surface area contributed by atoms with Crippen molar-refractivity contribution in [2.24, 2.45) is 0 Å². The Labute approximate surface area is 306 Å². The predicted molar refractivity (Wildman–Crippen MR) is 199 cm³/mol. The van der Waals surface area contributed by atoms with Crippen LogP contribution in [0, 0.1) is 6.92 Å². The molecule has 0 spiro atoms. The maximum atomic E-state index is 13.3. The fraction of sp³-hybridized carbons (Fsp3) is 0.289. The summed E-state index contributed by atoms with van der Waals surface area (Å²) in [5.74, 6) is 1.83. The lowest BCUT2D eigenvalue weighted by atomic mass is 9.92. The monoisotopic (exact) mass is 733 g/mol. The van der Waals surface area contributed by atoms with Crippen LogP contribution in [0.2, 0.25) is 10.0 Å². The molecular formula is C38H41Cl2N5O6. The van der Waals surface area contributed by atoms with Crippen molar-refractivity contribution in [3.8, 4) is 22.9 Å². The first-order valence-electron chi connectivity index (χ1n) is 16.3. The number of aryl methyl sites for hydroxylation is 1. The second-order valence-electron chi connectivity index (χ2n) is 12.8. The van der Waals surface area contributed by atoms with E-state index in [0.717, 1.165) is 22.4 Å². The normalized spacial score (nSPS) is 11.3. The first-order chi connectivity index (χ1) is 24.4. The number of amides is 2. The number of benzene rings is 3. The summed E-state index contributed by atoms with van der Waals surface area (Å²) < 4.78 is 20.2. The molecule has 51 heavy (non-hydrogen) atoms. The third-order valence-corrected chi connectivity index (χ3v) is 8.71. The molecule has 0 bridgehead atoms. The van der Waals surface area contributed by atoms with Crippen LogP contribution in [0.4, 0.5) is 10.6 Å². The largest absolute Gasteiger partial charge is 0.495 e. The number of rotatable bonds is 13. The zero-order valence-electron chi connectivity index (χ0n) is 29.1. The predicted octanol–water partition coefficient (Wildman–Crippen LogP) is 7.28. The smallest absolute Gasteiger partial charge is 0.320 e. The molecule has 0 fully saturated rings. The summed E-state index contributed by atoms with van der Waals surface area (Å²) in [6, 6.07) is 23.3. The second kappa shape index (κ2) is 16.4. The lowest BCUT2D eigenvalue weighted by Crippen LogP contribution is -2.29. The molecule has 0 aliphatic heterocycles. The van der Waals surface area contributed by atoms with Crippen LogP contribution in [0.15, 0.2) is 83.7 Å². The van der Waals surface area contributed by atoms with E-state index in [4.69, 9.17) is 47.6 Å². The molecule has 0 atom stereocenters. The zero-order chi connectivity index (χ0) is 36.7. The highest BCUT2D eigenvalue weighted by atomic mass is 35.5. The van der Waals surface area contributed by atoms with Crippen molar-refractivity contribution in [2.45, 2.75) is 52.8 Å². The Morgan fingerprint density at radius 1 is 0.941 bits per heavy atom. The number of aliphatic hydroxyl groups excluding tert-OH is 1. The van der Waals surface area contributed by atoms with Gasteiger partial charge >= 0.3 is 6.03 Å². The Hall–Kier alpha value is -4.97. The van der Waals surface area contributed by atoms with Gasteiger partial charge in [-0.05, 0) is 47.9 Å². The van der Waals surface area contributed by atoms with Gasteiger partial charge in [-0.15, -0.1) is 0 Å². The van der Waals surface area contributed by atoms with Crippen LogP contribution in [-0.4, -0.2) is 45.8 Å². The molecule has 0 radical (unpaired) electrons. The summed E-state index contributed by atoms with van der Waals surface area (Å²) in [7, 11) is 1.54. The van der Waals surface area contributed by atoms with Gasteiger partial charge < -0.3 is 29.2 Å². The molecule has 2 amide bonds. The van der Waals surface area contributed by atoms with Crippen molar-refractivity contribution < 1.29 is 24.1 Å². The van der Waals surface area contributed by atoms with E-state index >= 15 is 0 Å². The van der Waals surface area contributed by atoms with Crippen LogP contribution in [0.25, 0.3) is 5.69 Å². The van der Waals surface area contributed by atoms with Crippen LogP contribution >= 0.6 is 23.2 Å². The number of nitrogens with one attached hydrogen (secondary N) is 2. The number of carbonyl (C=O) groups excluding carboxylic acids is 1. The van der Waals surface area contributed by atoms with Crippen molar-refractivity contribution in [3.05, 3.63) is 127 Å². The standard InChI is InChI=1S/C38H41Cl2N5O6/c1-24-17-32(35(40)36(47)44(24)22-25-13-14-30(39)31(18-25)49-5)51-23-27-10-7-6-9-26(27)21-41-37(48)42-34-20-33(38(2,3)4)43-45(34)28-11-8-12-29(19-28)50-16-15-46/h6-14,17-20,46H,15-16,21-23H2,1-5H3,(H2,41,42,48). The molecule has 3 aromatic carbocycles. The molecule has 268 valence electrons. The van der Waals surface area contributed by atoms with Gasteiger partial charge in [0.05, 0.1) is 36.7 Å². The molecule has 3 N–H and O–H groups in total. The van der Waals surface area contributed by atoms with Crippen LogP contribution in [0.5, 0.6) is 17.2 Å². The Morgan fingerprint density at radius 2 is 1.71 bits per heavy atom. The molecule has 2 aromatic heterocycles. The van der Waals surface area contributed by atoms with Gasteiger partial charge in [0.25, 0.3) is 5.56 Å². The van der Waals surface area contributed by atoms with E-state index in [9.17, 15) is 9.59 Å². The van der Waals surface area contributed by atoms with Gasteiger partial charge in [0.15, 0.2) is 0 Å². The number of hydrogen-bond acceptors (Lipinski definition) is 7. The number of aromatic nitrogens is 3. The van der Waals surface area contributed by atoms with Crippen molar-refractivity contribution in [1.82, 2.24) is 19.7 Å². The van der Waals surface area contributed by atoms with Crippen LogP contribution in [0.1, 0.15) is 48.8 Å². The Kier molecular flexibility index (Phi) is 12.0. The summed E-state index contributed by atoms with van der Waals surface area (Å²) in [6.45, 7) is 8.60. The van der Waals surface area contributed by atoms with Gasteiger partial charge in [-0.3, -0.25) is 10.1 Å². The Bertz CT molecular complexity index is 2070. The minimum absolute atomic E-state index is 0.0340. The lowest BCUT2D eigenvalue weighted by Gasteiger charge is -2.16. The summed E-state index contributed by atoms with van der Waals surface area (Å²) in [5, 5.41) is 20.2. The average molecular weight is 735 g/mol. The quantitative estimate of drug-likeness (QED) is 0.116. The summed E-state index contributed by atoms with van der Waals surface area (Å²) in [5.41, 5.74) is 3.93. The summed E-state index contributed by atoms with van der Waals surface area (Å²) in [6.07, 6.45) is 0. The van der Waals surface area contributed by atoms with Gasteiger partial charge in [-0.1, -0.05) is 80.4 Å². The van der Waals surface area contributed by atoms with Crippen LogP contribution < -0.4 is 30.4 Å². The highest BCUT2D eigenvalue weighted by Crippen LogP contribution is 2.29. The lowest BCUT2D eigenvalue weighted by molar-refractivity contribution is 0.201. The van der Waals surface area contributed by atoms with E-state index in [-0.39, 0.29) is 54.7 Å². The molecule has 0 saturated carbocycles. The zero-order valence-corrected chi connectivity index (χ0v) is 30.6. The maximum absolute atomic E-state index is 13.3. The minimum atomic E-state index is -0.430. The SMILES string of the molecule is COc1cc(Cn2c(C)cc(OCc3ccccc3CNC(=O)Nc3cc(C(C)(C)C)nn3-c3cccc(OCCO)c3)c(Cl)c2=O)ccc1Cl. The highest BCUT2D eigenvalue weighted by Gasteiger charge is 2.22. The number of halogens is 2. The number of ether oxygens (including phenoxy) is 3. The Morgan fingerprint density at radius 3 is 2.43 bits per heavy atom. The topological polar surface area (TPSA) is 129 Å². The number of hydrogen-bond donors (Lipinski definition) is 3. The number of pyridine rings is 1. The number of nitrogens with zero attached hydrogens (tertiary/aromatic N) is 3. The van der Waals surface area contributed by atoms with E-state index in [1.807, 2.05) is 76.2 Å². The maximum Gasteiger partial charge on any atom is 0.320 e. The van der Waals surface area contributed by atoms with Crippen molar-refractivity contribution in [1.29, 1.82) is 0 Å². The molecule has 2 heterocycles. The fourth-order valence-electron chi connectivity index (χ4n) is 5.27. The number of urea groups is 1. The molecule has 0 aliphatic rings. The molecule has 13 heteroatoms. The molecule has 0 saturated heterocycles. The number of carbonyl (C=O) groups is 1. The van der Waals surface area contributed by atoms with Crippen molar-refractivity contribution in [3.63, 3.8) is 0 Å². The van der Waals surface area contributed by atoms with Gasteiger partial charge in [-0.25, -0.2) is 9.48 Å². The summed E-state index contributed by atoms with van der Waals surface area (Å²) >= 11 is 12.7. The summed E-state index contributed by atoms with van der Waals surface area (Å²) in [4.78, 5) is 26.5. The minimum Gasteiger partial charge on any atom is -0.495 e. The van der Waals surface area contributed by atoms with Gasteiger partial charge in [0.1, 0.15) is 41.3 Å². The van der Waals surface area contributed by atoms with E-state index < -0.39 is 6.03 Å². The molecule has 11 nitrogen and oxygen atoms in total. The number of aliphatic hydroxyl groups is 1. The molecular weight excluding hydrogens is 693 g/mol. The van der Waals surface area contributed by atoms with E-state index in [2.05, 4.69) is 10.6 Å². The van der Waals surface area contributed by atoms with Crippen LogP contribution in [-0.2, 0) is 25.1 Å². The highest BCUT2D eigenvalue weighted by molar-refractivity contribution is 6.32. The van der Waals surface area contributed by atoms with Gasteiger partial charge in [0, 0.05) is 35.9 Å². The first-order valence-corrected chi connectivity index (χ1v) is 17.0. The Balaban J connectivity index is 1.27. The second-order valence-corrected chi connectivity index (χ2v) is 13.6. The third kappa shape index (κ3) is 9.23. The van der Waals surface area contributed by atoms with Gasteiger partial charge in [-0.2, -0.15) is 5.10 Å². The van der Waals surface area contributed by atoms with Gasteiger partial charge in [0.2, 0.25) is 0 Å².